The summed E-state index contributed by atoms with van der Waals surface area (Å²) in [6.07, 6.45) is 23.2. The fourth-order valence-electron chi connectivity index (χ4n) is 3.82. The molecule has 0 aromatic heterocycles. The molecule has 0 amide bonds. The Balaban J connectivity index is 1.65. The highest BCUT2D eigenvalue weighted by Gasteiger charge is 2.27. The van der Waals surface area contributed by atoms with Crippen LogP contribution in [0.1, 0.15) is 77.6 Å². The Morgan fingerprint density at radius 2 is 1.89 bits per heavy atom. The van der Waals surface area contributed by atoms with Gasteiger partial charge in [-0.2, -0.15) is 0 Å². The van der Waals surface area contributed by atoms with E-state index < -0.39 is 0 Å². The molecular weight excluding hydrogens is 216 g/mol. The van der Waals surface area contributed by atoms with Crippen LogP contribution in [0.25, 0.3) is 0 Å². The molecule has 0 heterocycles. The molecule has 2 aliphatic carbocycles. The van der Waals surface area contributed by atoms with E-state index in [1.807, 2.05) is 0 Å². The highest BCUT2D eigenvalue weighted by molar-refractivity contribution is 4.93. The summed E-state index contributed by atoms with van der Waals surface area (Å²) in [6.45, 7) is 2.28. The molecule has 0 N–H and O–H groups in total. The van der Waals surface area contributed by atoms with Crippen molar-refractivity contribution < 1.29 is 0 Å². The van der Waals surface area contributed by atoms with Gasteiger partial charge in [0, 0.05) is 0 Å². The van der Waals surface area contributed by atoms with Gasteiger partial charge in [-0.05, 0) is 62.7 Å². The Bertz CT molecular complexity index is 226. The monoisotopic (exact) mass is 247 g/mol. The lowest BCUT2D eigenvalue weighted by atomic mass is 9.71. The summed E-state index contributed by atoms with van der Waals surface area (Å²) in [7, 11) is 0. The van der Waals surface area contributed by atoms with Gasteiger partial charge in [-0.15, -0.1) is 0 Å². The van der Waals surface area contributed by atoms with Gasteiger partial charge in [-0.25, -0.2) is 0 Å². The SMILES string of the molecule is CCCC/C=C/C1CCC(C2C[CH]CCC2)CC1. The molecule has 2 fully saturated rings. The third-order valence-electron chi connectivity index (χ3n) is 5.07. The standard InChI is InChI=1S/C18H31/c1-2-3-4-6-9-16-12-14-18(15-13-16)17-10-7-5-8-11-17/h6-7,9,16-18H,2-5,8,10-15H2,1H3/b9-6+. The van der Waals surface area contributed by atoms with E-state index in [0.29, 0.717) is 0 Å². The molecule has 1 atom stereocenters. The van der Waals surface area contributed by atoms with Crippen LogP contribution in [0.4, 0.5) is 0 Å². The molecular formula is C18H31. The van der Waals surface area contributed by atoms with E-state index in [4.69, 9.17) is 0 Å². The van der Waals surface area contributed by atoms with Crippen molar-refractivity contribution in [2.45, 2.75) is 77.6 Å². The second-order valence-electron chi connectivity index (χ2n) is 6.46. The van der Waals surface area contributed by atoms with Gasteiger partial charge in [0.2, 0.25) is 0 Å². The lowest BCUT2D eigenvalue weighted by Crippen LogP contribution is -2.23. The normalized spacial score (nSPS) is 30.9. The third kappa shape index (κ3) is 4.44. The predicted molar refractivity (Wildman–Crippen MR) is 80.4 cm³/mol. The Morgan fingerprint density at radius 3 is 2.56 bits per heavy atom. The molecule has 1 unspecified atom stereocenters. The summed E-state index contributed by atoms with van der Waals surface area (Å²) in [5.74, 6) is 3.01. The first-order chi connectivity index (χ1) is 8.90. The van der Waals surface area contributed by atoms with E-state index >= 15 is 0 Å². The van der Waals surface area contributed by atoms with E-state index in [2.05, 4.69) is 25.5 Å². The van der Waals surface area contributed by atoms with Crippen LogP contribution in [0.3, 0.4) is 0 Å². The molecule has 0 nitrogen and oxygen atoms in total. The molecule has 0 bridgehead atoms. The number of rotatable bonds is 5. The second-order valence-corrected chi connectivity index (χ2v) is 6.46. The average Bonchev–Trinajstić information content (AvgIpc) is 2.45. The van der Waals surface area contributed by atoms with Gasteiger partial charge >= 0.3 is 0 Å². The Kier molecular flexibility index (Phi) is 6.31. The smallest absolute Gasteiger partial charge is 0.0233 e. The minimum Gasteiger partial charge on any atom is -0.0883 e. The van der Waals surface area contributed by atoms with Crippen LogP contribution < -0.4 is 0 Å². The highest BCUT2D eigenvalue weighted by atomic mass is 14.3. The largest absolute Gasteiger partial charge is 0.0883 e. The second kappa shape index (κ2) is 8.02. The summed E-state index contributed by atoms with van der Waals surface area (Å²) in [6, 6.07) is 0. The summed E-state index contributed by atoms with van der Waals surface area (Å²) in [5, 5.41) is 0. The van der Waals surface area contributed by atoms with Crippen molar-refractivity contribution >= 4 is 0 Å². The van der Waals surface area contributed by atoms with Crippen molar-refractivity contribution in [2.24, 2.45) is 17.8 Å². The van der Waals surface area contributed by atoms with Crippen molar-refractivity contribution in [3.05, 3.63) is 18.6 Å². The highest BCUT2D eigenvalue weighted by Crippen LogP contribution is 2.39. The number of hydrogen-bond acceptors (Lipinski definition) is 0. The minimum absolute atomic E-state index is 0.908. The fraction of sp³-hybridized carbons (Fsp3) is 0.833. The first-order valence-corrected chi connectivity index (χ1v) is 8.38. The summed E-state index contributed by atoms with van der Waals surface area (Å²) >= 11 is 0. The maximum Gasteiger partial charge on any atom is -0.0233 e. The molecule has 2 rings (SSSR count). The van der Waals surface area contributed by atoms with E-state index in [0.717, 1.165) is 17.8 Å². The number of hydrogen-bond donors (Lipinski definition) is 0. The fourth-order valence-corrected chi connectivity index (χ4v) is 3.82. The molecule has 0 heteroatoms. The summed E-state index contributed by atoms with van der Waals surface area (Å²) in [4.78, 5) is 0. The van der Waals surface area contributed by atoms with E-state index in [-0.39, 0.29) is 0 Å². The van der Waals surface area contributed by atoms with Crippen LogP contribution in [0.5, 0.6) is 0 Å². The number of allylic oxidation sites excluding steroid dienone is 2. The molecule has 0 spiro atoms. The summed E-state index contributed by atoms with van der Waals surface area (Å²) in [5.41, 5.74) is 0. The van der Waals surface area contributed by atoms with Crippen LogP contribution in [0, 0.1) is 24.2 Å². The van der Waals surface area contributed by atoms with E-state index in [1.165, 1.54) is 70.6 Å². The Labute approximate surface area is 114 Å². The Morgan fingerprint density at radius 1 is 1.06 bits per heavy atom. The van der Waals surface area contributed by atoms with Gasteiger partial charge < -0.3 is 0 Å². The lowest BCUT2D eigenvalue weighted by Gasteiger charge is -2.35. The summed E-state index contributed by atoms with van der Waals surface area (Å²) < 4.78 is 0. The lowest BCUT2D eigenvalue weighted by molar-refractivity contribution is 0.196. The molecule has 103 valence electrons. The topological polar surface area (TPSA) is 0 Å². The zero-order chi connectivity index (χ0) is 12.6. The van der Waals surface area contributed by atoms with Gasteiger partial charge in [0.15, 0.2) is 0 Å². The van der Waals surface area contributed by atoms with Crippen molar-refractivity contribution in [1.82, 2.24) is 0 Å². The zero-order valence-electron chi connectivity index (χ0n) is 12.2. The van der Waals surface area contributed by atoms with Crippen molar-refractivity contribution in [1.29, 1.82) is 0 Å². The Hall–Kier alpha value is -0.260. The molecule has 2 aliphatic rings. The minimum atomic E-state index is 0.908. The first kappa shape index (κ1) is 14.2. The van der Waals surface area contributed by atoms with Crippen LogP contribution in [-0.4, -0.2) is 0 Å². The van der Waals surface area contributed by atoms with Crippen LogP contribution in [0.2, 0.25) is 0 Å². The van der Waals surface area contributed by atoms with Crippen LogP contribution in [0.15, 0.2) is 12.2 Å². The molecule has 18 heavy (non-hydrogen) atoms. The van der Waals surface area contributed by atoms with Crippen molar-refractivity contribution in [3.63, 3.8) is 0 Å². The van der Waals surface area contributed by atoms with Crippen molar-refractivity contribution in [3.8, 4) is 0 Å². The predicted octanol–water partition coefficient (Wildman–Crippen LogP) is 5.93. The first-order valence-electron chi connectivity index (χ1n) is 8.38. The van der Waals surface area contributed by atoms with Gasteiger partial charge in [0.05, 0.1) is 0 Å². The van der Waals surface area contributed by atoms with E-state index in [1.54, 1.807) is 0 Å². The molecule has 0 aromatic carbocycles. The van der Waals surface area contributed by atoms with Gasteiger partial charge in [0.25, 0.3) is 0 Å². The third-order valence-corrected chi connectivity index (χ3v) is 5.07. The zero-order valence-corrected chi connectivity index (χ0v) is 12.2. The van der Waals surface area contributed by atoms with Crippen molar-refractivity contribution in [2.75, 3.05) is 0 Å². The molecule has 0 aliphatic heterocycles. The van der Waals surface area contributed by atoms with Gasteiger partial charge in [0.1, 0.15) is 0 Å². The quantitative estimate of drug-likeness (QED) is 0.417. The van der Waals surface area contributed by atoms with Gasteiger partial charge in [-0.3, -0.25) is 0 Å². The van der Waals surface area contributed by atoms with Gasteiger partial charge in [-0.1, -0.05) is 51.2 Å². The molecule has 1 radical (unpaired) electrons. The van der Waals surface area contributed by atoms with E-state index in [9.17, 15) is 0 Å². The number of unbranched alkanes of at least 4 members (excludes halogenated alkanes) is 2. The van der Waals surface area contributed by atoms with Crippen LogP contribution >= 0.6 is 0 Å². The van der Waals surface area contributed by atoms with Crippen LogP contribution in [-0.2, 0) is 0 Å². The molecule has 2 saturated carbocycles. The maximum atomic E-state index is 2.55. The maximum absolute atomic E-state index is 2.55. The molecule has 0 saturated heterocycles. The average molecular weight is 247 g/mol. The molecule has 0 aromatic rings.